The van der Waals surface area contributed by atoms with E-state index in [1.165, 1.54) is 31.4 Å². The van der Waals surface area contributed by atoms with E-state index in [4.69, 9.17) is 10.9 Å². The summed E-state index contributed by atoms with van der Waals surface area (Å²) in [4.78, 5) is -0.293. The molecule has 0 atom stereocenters. The molecule has 1 aromatic carbocycles. The Labute approximate surface area is 144 Å². The smallest absolute Gasteiger partial charge is 0.240 e. The molecule has 5 N–H and O–H groups in total. The van der Waals surface area contributed by atoms with Crippen LogP contribution in [-0.4, -0.2) is 22.6 Å². The monoisotopic (exact) mass is 377 g/mol. The van der Waals surface area contributed by atoms with E-state index in [1.807, 2.05) is 0 Å². The lowest BCUT2D eigenvalue weighted by Crippen LogP contribution is -2.18. The van der Waals surface area contributed by atoms with Crippen molar-refractivity contribution in [1.82, 2.24) is 0 Å². The van der Waals surface area contributed by atoms with E-state index in [-0.39, 0.29) is 22.0 Å². The van der Waals surface area contributed by atoms with Crippen molar-refractivity contribution in [3.63, 3.8) is 0 Å². The van der Waals surface area contributed by atoms with Crippen LogP contribution >= 0.6 is 0 Å². The van der Waals surface area contributed by atoms with Crippen LogP contribution in [-0.2, 0) is 20.0 Å². The molecule has 24 heavy (non-hydrogen) atoms. The van der Waals surface area contributed by atoms with Gasteiger partial charge in [0.05, 0.1) is 11.4 Å². The molecule has 0 bridgehead atoms. The first-order valence-electron chi connectivity index (χ1n) is 8.08. The van der Waals surface area contributed by atoms with E-state index < -0.39 is 20.0 Å². The van der Waals surface area contributed by atoms with Crippen LogP contribution in [0.3, 0.4) is 0 Å². The van der Waals surface area contributed by atoms with E-state index in [1.54, 1.807) is 0 Å². The lowest BCUT2D eigenvalue weighted by Gasteiger charge is -2.10. The first-order valence-corrected chi connectivity index (χ1v) is 11.3. The molecule has 0 aliphatic heterocycles. The fraction of sp³-hybridized carbons (Fsp3) is 0.600. The fourth-order valence-corrected chi connectivity index (χ4v) is 4.18. The second kappa shape index (κ2) is 9.24. The van der Waals surface area contributed by atoms with Gasteiger partial charge in [-0.3, -0.25) is 4.72 Å². The zero-order chi connectivity index (χ0) is 18.2. The maximum absolute atomic E-state index is 12.1. The lowest BCUT2D eigenvalue weighted by atomic mass is 10.1. The number of anilines is 2. The number of hydrogen-bond acceptors (Lipinski definition) is 5. The molecule has 0 heterocycles. The van der Waals surface area contributed by atoms with Crippen molar-refractivity contribution >= 4 is 31.4 Å². The molecule has 0 amide bonds. The van der Waals surface area contributed by atoms with Crippen molar-refractivity contribution in [2.24, 2.45) is 5.14 Å². The third-order valence-electron chi connectivity index (χ3n) is 3.61. The van der Waals surface area contributed by atoms with Crippen molar-refractivity contribution in [2.75, 3.05) is 16.2 Å². The van der Waals surface area contributed by atoms with Crippen molar-refractivity contribution in [2.45, 2.75) is 56.8 Å². The van der Waals surface area contributed by atoms with E-state index >= 15 is 0 Å². The van der Waals surface area contributed by atoms with E-state index in [2.05, 4.69) is 11.6 Å². The molecule has 0 aliphatic carbocycles. The molecule has 0 fully saturated rings. The van der Waals surface area contributed by atoms with Crippen LogP contribution in [0.15, 0.2) is 23.1 Å². The summed E-state index contributed by atoms with van der Waals surface area (Å²) in [6, 6.07) is 3.85. The summed E-state index contributed by atoms with van der Waals surface area (Å²) in [5.74, 6) is -0.00410. The number of benzene rings is 1. The molecular weight excluding hydrogens is 350 g/mol. The Hall–Kier alpha value is -1.32. The zero-order valence-electron chi connectivity index (χ0n) is 14.0. The van der Waals surface area contributed by atoms with Gasteiger partial charge >= 0.3 is 0 Å². The predicted octanol–water partition coefficient (Wildman–Crippen LogP) is 2.41. The van der Waals surface area contributed by atoms with Gasteiger partial charge < -0.3 is 5.73 Å². The standard InChI is InChI=1S/C15H27N3O4S2/c1-2-3-4-5-6-7-8-11-23(19,20)18-13-9-10-14(16)15(12-13)24(17,21)22/h9-10,12,18H,2-8,11,16H2,1H3,(H2,17,21,22). The predicted molar refractivity (Wildman–Crippen MR) is 97.6 cm³/mol. The molecule has 0 aromatic heterocycles. The minimum atomic E-state index is -4.00. The summed E-state index contributed by atoms with van der Waals surface area (Å²) in [5, 5.41) is 5.05. The molecule has 0 unspecified atom stereocenters. The molecule has 138 valence electrons. The van der Waals surface area contributed by atoms with Crippen LogP contribution in [0, 0.1) is 0 Å². The maximum Gasteiger partial charge on any atom is 0.240 e. The number of nitrogen functional groups attached to an aromatic ring is 1. The SMILES string of the molecule is CCCCCCCCCS(=O)(=O)Nc1ccc(N)c(S(N)(=O)=O)c1. The molecular formula is C15H27N3O4S2. The van der Waals surface area contributed by atoms with Gasteiger partial charge in [-0.2, -0.15) is 0 Å². The topological polar surface area (TPSA) is 132 Å². The molecule has 0 saturated carbocycles. The maximum atomic E-state index is 12.1. The summed E-state index contributed by atoms with van der Waals surface area (Å²) in [7, 11) is -7.54. The largest absolute Gasteiger partial charge is 0.398 e. The number of primary sulfonamides is 1. The molecule has 9 heteroatoms. The molecule has 0 radical (unpaired) electrons. The highest BCUT2D eigenvalue weighted by molar-refractivity contribution is 7.92. The Morgan fingerprint density at radius 2 is 1.54 bits per heavy atom. The average molecular weight is 378 g/mol. The van der Waals surface area contributed by atoms with Crippen LogP contribution < -0.4 is 15.6 Å². The van der Waals surface area contributed by atoms with Gasteiger partial charge in [0.15, 0.2) is 0 Å². The van der Waals surface area contributed by atoms with E-state index in [0.717, 1.165) is 25.3 Å². The summed E-state index contributed by atoms with van der Waals surface area (Å²) in [6.07, 6.45) is 7.14. The molecule has 0 saturated heterocycles. The highest BCUT2D eigenvalue weighted by Gasteiger charge is 2.16. The quantitative estimate of drug-likeness (QED) is 0.402. The van der Waals surface area contributed by atoms with Crippen LogP contribution in [0.2, 0.25) is 0 Å². The minimum Gasteiger partial charge on any atom is -0.398 e. The third-order valence-corrected chi connectivity index (χ3v) is 5.95. The number of rotatable bonds is 11. The van der Waals surface area contributed by atoms with Crippen molar-refractivity contribution in [3.05, 3.63) is 18.2 Å². The second-order valence-corrected chi connectivity index (χ2v) is 9.21. The van der Waals surface area contributed by atoms with Crippen molar-refractivity contribution in [1.29, 1.82) is 0 Å². The summed E-state index contributed by atoms with van der Waals surface area (Å²) < 4.78 is 49.3. The number of hydrogen-bond donors (Lipinski definition) is 3. The van der Waals surface area contributed by atoms with Crippen LogP contribution in [0.4, 0.5) is 11.4 Å². The molecule has 7 nitrogen and oxygen atoms in total. The zero-order valence-corrected chi connectivity index (χ0v) is 15.6. The summed E-state index contributed by atoms with van der Waals surface area (Å²) >= 11 is 0. The Balaban J connectivity index is 2.56. The number of nitrogens with one attached hydrogen (secondary N) is 1. The van der Waals surface area contributed by atoms with Crippen molar-refractivity contribution < 1.29 is 16.8 Å². The lowest BCUT2D eigenvalue weighted by molar-refractivity contribution is 0.582. The minimum absolute atomic E-state index is 0.00410. The number of sulfonamides is 2. The Morgan fingerprint density at radius 3 is 2.12 bits per heavy atom. The van der Waals surface area contributed by atoms with Crippen LogP contribution in [0.1, 0.15) is 51.9 Å². The van der Waals surface area contributed by atoms with Gasteiger partial charge in [-0.1, -0.05) is 45.4 Å². The first kappa shape index (κ1) is 20.7. The highest BCUT2D eigenvalue weighted by Crippen LogP contribution is 2.22. The van der Waals surface area contributed by atoms with Gasteiger partial charge in [0.1, 0.15) is 4.90 Å². The molecule has 0 aliphatic rings. The third kappa shape index (κ3) is 7.50. The van der Waals surface area contributed by atoms with E-state index in [9.17, 15) is 16.8 Å². The fourth-order valence-electron chi connectivity index (χ4n) is 2.32. The summed E-state index contributed by atoms with van der Waals surface area (Å²) in [6.45, 7) is 2.15. The highest BCUT2D eigenvalue weighted by atomic mass is 32.2. The Morgan fingerprint density at radius 1 is 0.958 bits per heavy atom. The number of nitrogens with two attached hydrogens (primary N) is 2. The van der Waals surface area contributed by atoms with Gasteiger partial charge in [0.25, 0.3) is 0 Å². The first-order chi connectivity index (χ1) is 11.2. The number of unbranched alkanes of at least 4 members (excludes halogenated alkanes) is 6. The molecule has 0 spiro atoms. The summed E-state index contributed by atoms with van der Waals surface area (Å²) in [5.41, 5.74) is 5.67. The van der Waals surface area contributed by atoms with E-state index in [0.29, 0.717) is 6.42 Å². The Kier molecular flexibility index (Phi) is 7.98. The Bertz CT molecular complexity index is 731. The van der Waals surface area contributed by atoms with Gasteiger partial charge in [0.2, 0.25) is 20.0 Å². The molecule has 1 rings (SSSR count). The van der Waals surface area contributed by atoms with Crippen molar-refractivity contribution in [3.8, 4) is 0 Å². The van der Waals surface area contributed by atoms with Gasteiger partial charge in [-0.25, -0.2) is 22.0 Å². The van der Waals surface area contributed by atoms with Crippen LogP contribution in [0.25, 0.3) is 0 Å². The van der Waals surface area contributed by atoms with Crippen LogP contribution in [0.5, 0.6) is 0 Å². The second-order valence-electron chi connectivity index (χ2n) is 5.84. The van der Waals surface area contributed by atoms with Gasteiger partial charge in [-0.15, -0.1) is 0 Å². The molecule has 1 aromatic rings. The average Bonchev–Trinajstić information content (AvgIpc) is 2.47. The van der Waals surface area contributed by atoms with Gasteiger partial charge in [-0.05, 0) is 24.6 Å². The normalized spacial score (nSPS) is 12.2. The van der Waals surface area contributed by atoms with Gasteiger partial charge in [0, 0.05) is 5.69 Å².